The van der Waals surface area contributed by atoms with Gasteiger partial charge in [0, 0.05) is 18.3 Å². The molecule has 0 atom stereocenters. The minimum absolute atomic E-state index is 0.0645. The quantitative estimate of drug-likeness (QED) is 0.374. The molecule has 0 bridgehead atoms. The molecular weight excluding hydrogens is 365 g/mol. The van der Waals surface area contributed by atoms with Crippen LogP contribution in [0, 0.1) is 15.9 Å². The van der Waals surface area contributed by atoms with E-state index in [2.05, 4.69) is 10.6 Å². The summed E-state index contributed by atoms with van der Waals surface area (Å²) >= 11 is 5.26. The molecule has 27 heavy (non-hydrogen) atoms. The Morgan fingerprint density at radius 1 is 1.00 bits per heavy atom. The first-order valence-corrected chi connectivity index (χ1v) is 8.57. The van der Waals surface area contributed by atoms with Crippen molar-refractivity contribution in [3.05, 3.63) is 94.3 Å². The SMILES string of the molecule is O=[N+]([O-])c1ccccc1-c1ccc(NC(=S)NCc2ccc(F)cc2)cc1. The van der Waals surface area contributed by atoms with Gasteiger partial charge < -0.3 is 10.6 Å². The standard InChI is InChI=1S/C20H16FN3O2S/c21-16-9-5-14(6-10-16)13-22-20(27)23-17-11-7-15(8-12-17)18-3-1-2-4-19(18)24(25)26/h1-12H,13H2,(H2,22,23,27). The van der Waals surface area contributed by atoms with Gasteiger partial charge in [-0.15, -0.1) is 0 Å². The average Bonchev–Trinajstić information content (AvgIpc) is 2.68. The number of para-hydroxylation sites is 1. The van der Waals surface area contributed by atoms with Gasteiger partial charge >= 0.3 is 0 Å². The molecule has 0 unspecified atom stereocenters. The summed E-state index contributed by atoms with van der Waals surface area (Å²) in [5, 5.41) is 17.7. The molecule has 0 radical (unpaired) electrons. The van der Waals surface area contributed by atoms with E-state index in [-0.39, 0.29) is 11.5 Å². The van der Waals surface area contributed by atoms with Gasteiger partial charge in [0.2, 0.25) is 0 Å². The second kappa shape index (κ2) is 8.37. The number of nitro groups is 1. The Morgan fingerprint density at radius 2 is 1.67 bits per heavy atom. The molecule has 136 valence electrons. The Morgan fingerprint density at radius 3 is 2.33 bits per heavy atom. The summed E-state index contributed by atoms with van der Waals surface area (Å²) in [7, 11) is 0. The lowest BCUT2D eigenvalue weighted by atomic mass is 10.0. The van der Waals surface area contributed by atoms with Gasteiger partial charge in [-0.25, -0.2) is 4.39 Å². The number of nitro benzene ring substituents is 1. The molecule has 0 amide bonds. The molecule has 3 aromatic rings. The van der Waals surface area contributed by atoms with E-state index in [4.69, 9.17) is 12.2 Å². The van der Waals surface area contributed by atoms with E-state index in [0.717, 1.165) is 16.8 Å². The summed E-state index contributed by atoms with van der Waals surface area (Å²) in [6.07, 6.45) is 0. The predicted molar refractivity (Wildman–Crippen MR) is 108 cm³/mol. The number of thiocarbonyl (C=S) groups is 1. The molecule has 0 heterocycles. The molecule has 0 saturated heterocycles. The van der Waals surface area contributed by atoms with Gasteiger partial charge in [-0.2, -0.15) is 0 Å². The van der Waals surface area contributed by atoms with Crippen LogP contribution < -0.4 is 10.6 Å². The van der Waals surface area contributed by atoms with Gasteiger partial charge in [-0.1, -0.05) is 36.4 Å². The molecule has 3 rings (SSSR count). The van der Waals surface area contributed by atoms with E-state index in [9.17, 15) is 14.5 Å². The van der Waals surface area contributed by atoms with Gasteiger partial charge in [0.05, 0.1) is 10.5 Å². The first-order chi connectivity index (χ1) is 13.0. The molecule has 3 aromatic carbocycles. The van der Waals surface area contributed by atoms with Crippen molar-refractivity contribution in [1.29, 1.82) is 0 Å². The molecule has 2 N–H and O–H groups in total. The first-order valence-electron chi connectivity index (χ1n) is 8.16. The van der Waals surface area contributed by atoms with Crippen molar-refractivity contribution in [2.75, 3.05) is 5.32 Å². The second-order valence-electron chi connectivity index (χ2n) is 5.79. The van der Waals surface area contributed by atoms with Crippen LogP contribution >= 0.6 is 12.2 Å². The lowest BCUT2D eigenvalue weighted by molar-refractivity contribution is -0.384. The van der Waals surface area contributed by atoms with Gasteiger partial charge in [0.1, 0.15) is 5.82 Å². The lowest BCUT2D eigenvalue weighted by Gasteiger charge is -2.11. The molecule has 0 aliphatic rings. The van der Waals surface area contributed by atoms with E-state index >= 15 is 0 Å². The third-order valence-corrected chi connectivity index (χ3v) is 4.17. The van der Waals surface area contributed by atoms with E-state index in [1.54, 1.807) is 54.6 Å². The fourth-order valence-corrected chi connectivity index (χ4v) is 2.76. The van der Waals surface area contributed by atoms with Gasteiger partial charge in [0.25, 0.3) is 5.69 Å². The summed E-state index contributed by atoms with van der Waals surface area (Å²) < 4.78 is 12.9. The van der Waals surface area contributed by atoms with Crippen LogP contribution in [0.1, 0.15) is 5.56 Å². The minimum Gasteiger partial charge on any atom is -0.358 e. The van der Waals surface area contributed by atoms with Crippen molar-refractivity contribution < 1.29 is 9.31 Å². The van der Waals surface area contributed by atoms with E-state index < -0.39 is 4.92 Å². The minimum atomic E-state index is -0.393. The van der Waals surface area contributed by atoms with Crippen LogP contribution in [0.2, 0.25) is 0 Å². The first kappa shape index (κ1) is 18.5. The lowest BCUT2D eigenvalue weighted by Crippen LogP contribution is -2.27. The summed E-state index contributed by atoms with van der Waals surface area (Å²) in [5.41, 5.74) is 3.04. The third-order valence-electron chi connectivity index (χ3n) is 3.92. The number of anilines is 1. The molecule has 0 saturated carbocycles. The van der Waals surface area contributed by atoms with Gasteiger partial charge in [-0.3, -0.25) is 10.1 Å². The Bertz CT molecular complexity index is 960. The zero-order valence-electron chi connectivity index (χ0n) is 14.2. The fraction of sp³-hybridized carbons (Fsp3) is 0.0500. The summed E-state index contributed by atoms with van der Waals surface area (Å²) in [5.74, 6) is -0.279. The zero-order valence-corrected chi connectivity index (χ0v) is 15.0. The number of nitrogens with one attached hydrogen (secondary N) is 2. The Hall–Kier alpha value is -3.32. The normalized spacial score (nSPS) is 10.3. The van der Waals surface area contributed by atoms with Crippen LogP contribution in [-0.2, 0) is 6.54 Å². The predicted octanol–water partition coefficient (Wildman–Crippen LogP) is 4.89. The number of nitrogens with zero attached hydrogens (tertiary/aromatic N) is 1. The van der Waals surface area contributed by atoms with Crippen molar-refractivity contribution in [1.82, 2.24) is 5.32 Å². The van der Waals surface area contributed by atoms with Crippen molar-refractivity contribution in [3.63, 3.8) is 0 Å². The van der Waals surface area contributed by atoms with Crippen molar-refractivity contribution in [2.45, 2.75) is 6.54 Å². The van der Waals surface area contributed by atoms with Gasteiger partial charge in [0.15, 0.2) is 5.11 Å². The van der Waals surface area contributed by atoms with Crippen molar-refractivity contribution >= 4 is 28.7 Å². The average molecular weight is 381 g/mol. The number of halogens is 1. The number of hydrogen-bond acceptors (Lipinski definition) is 3. The van der Waals surface area contributed by atoms with Crippen LogP contribution in [0.25, 0.3) is 11.1 Å². The molecule has 0 aliphatic heterocycles. The third kappa shape index (κ3) is 4.86. The van der Waals surface area contributed by atoms with Crippen molar-refractivity contribution in [2.24, 2.45) is 0 Å². The fourth-order valence-electron chi connectivity index (χ4n) is 2.57. The highest BCUT2D eigenvalue weighted by molar-refractivity contribution is 7.80. The monoisotopic (exact) mass is 381 g/mol. The zero-order chi connectivity index (χ0) is 19.2. The van der Waals surface area contributed by atoms with E-state index in [0.29, 0.717) is 17.2 Å². The summed E-state index contributed by atoms with van der Waals surface area (Å²) in [4.78, 5) is 10.8. The Balaban J connectivity index is 1.63. The second-order valence-corrected chi connectivity index (χ2v) is 6.19. The molecule has 7 heteroatoms. The molecule has 0 aromatic heterocycles. The van der Waals surface area contributed by atoms with Crippen LogP contribution in [0.4, 0.5) is 15.8 Å². The molecule has 0 spiro atoms. The van der Waals surface area contributed by atoms with E-state index in [1.807, 2.05) is 0 Å². The maximum absolute atomic E-state index is 12.9. The topological polar surface area (TPSA) is 67.2 Å². The van der Waals surface area contributed by atoms with E-state index in [1.165, 1.54) is 18.2 Å². The number of benzene rings is 3. The molecular formula is C20H16FN3O2S. The molecule has 5 nitrogen and oxygen atoms in total. The number of rotatable bonds is 5. The molecule has 0 aliphatic carbocycles. The van der Waals surface area contributed by atoms with Crippen LogP contribution in [0.3, 0.4) is 0 Å². The molecule has 0 fully saturated rings. The number of hydrogen-bond donors (Lipinski definition) is 2. The summed E-state index contributed by atoms with van der Waals surface area (Å²) in [6.45, 7) is 0.473. The van der Waals surface area contributed by atoms with Crippen LogP contribution in [0.15, 0.2) is 72.8 Å². The Labute approximate surface area is 161 Å². The largest absolute Gasteiger partial charge is 0.358 e. The maximum atomic E-state index is 12.9. The highest BCUT2D eigenvalue weighted by Gasteiger charge is 2.13. The van der Waals surface area contributed by atoms with Crippen LogP contribution in [-0.4, -0.2) is 10.0 Å². The van der Waals surface area contributed by atoms with Crippen molar-refractivity contribution in [3.8, 4) is 11.1 Å². The van der Waals surface area contributed by atoms with Crippen LogP contribution in [0.5, 0.6) is 0 Å². The Kier molecular flexibility index (Phi) is 5.73. The smallest absolute Gasteiger partial charge is 0.277 e. The van der Waals surface area contributed by atoms with Gasteiger partial charge in [-0.05, 0) is 53.7 Å². The highest BCUT2D eigenvalue weighted by Crippen LogP contribution is 2.30. The summed E-state index contributed by atoms with van der Waals surface area (Å²) in [6, 6.07) is 20.0. The maximum Gasteiger partial charge on any atom is 0.277 e. The highest BCUT2D eigenvalue weighted by atomic mass is 32.1.